The molecule has 43 heavy (non-hydrogen) atoms. The zero-order valence-corrected chi connectivity index (χ0v) is 24.3. The van der Waals surface area contributed by atoms with Gasteiger partial charge in [-0.1, -0.05) is 30.3 Å². The van der Waals surface area contributed by atoms with Crippen molar-refractivity contribution >= 4 is 21.9 Å². The summed E-state index contributed by atoms with van der Waals surface area (Å²) in [5.74, 6) is -1.65. The third-order valence-electron chi connectivity index (χ3n) is 7.34. The quantitative estimate of drug-likeness (QED) is 0.152. The third kappa shape index (κ3) is 4.49. The summed E-state index contributed by atoms with van der Waals surface area (Å²) in [6, 6.07) is 13.6. The molecule has 0 aliphatic heterocycles. The number of hydrogen-bond acceptors (Lipinski definition) is 11. The molecule has 0 radical (unpaired) electrons. The Morgan fingerprint density at radius 3 is 1.79 bits per heavy atom. The average molecular weight is 591 g/mol. The van der Waals surface area contributed by atoms with Crippen molar-refractivity contribution in [1.82, 2.24) is 0 Å². The van der Waals surface area contributed by atoms with E-state index in [4.69, 9.17) is 32.8 Å². The van der Waals surface area contributed by atoms with Crippen LogP contribution in [0.3, 0.4) is 0 Å². The van der Waals surface area contributed by atoms with Crippen LogP contribution in [-0.2, 0) is 0 Å². The lowest BCUT2D eigenvalue weighted by molar-refractivity contribution is 0.338. The predicted molar refractivity (Wildman–Crippen MR) is 158 cm³/mol. The van der Waals surface area contributed by atoms with E-state index < -0.39 is 28.6 Å². The number of methoxy groups -OCH3 is 6. The Balaban J connectivity index is 1.97. The standard InChI is InChI=1S/C32H30O11/c1-37-18-14-20(39-3)19(38-2)12-16(18)22(15-10-8-7-9-11-15)23-27(35)24-25(33)17-13-21(40-4)26(34)31(41-5)29(17)43-30(24)32(42-6)28(23)36/h7-14,22,34-36H,1-6H3. The van der Waals surface area contributed by atoms with Gasteiger partial charge in [0, 0.05) is 17.5 Å². The minimum atomic E-state index is -0.909. The summed E-state index contributed by atoms with van der Waals surface area (Å²) in [5.41, 5.74) is -0.00584. The Morgan fingerprint density at radius 1 is 0.628 bits per heavy atom. The van der Waals surface area contributed by atoms with Crippen LogP contribution in [0.15, 0.2) is 57.7 Å². The lowest BCUT2D eigenvalue weighted by Crippen LogP contribution is -2.11. The lowest BCUT2D eigenvalue weighted by Gasteiger charge is -2.25. The number of aromatic hydroxyl groups is 3. The zero-order chi connectivity index (χ0) is 31.0. The summed E-state index contributed by atoms with van der Waals surface area (Å²) in [4.78, 5) is 14.1. The highest BCUT2D eigenvalue weighted by molar-refractivity contribution is 6.01. The Morgan fingerprint density at radius 2 is 1.21 bits per heavy atom. The van der Waals surface area contributed by atoms with Crippen LogP contribution in [-0.4, -0.2) is 58.0 Å². The first-order valence-corrected chi connectivity index (χ1v) is 13.0. The largest absolute Gasteiger partial charge is 0.507 e. The van der Waals surface area contributed by atoms with Gasteiger partial charge in [0.2, 0.25) is 22.7 Å². The smallest absolute Gasteiger partial charge is 0.208 e. The molecule has 0 aliphatic carbocycles. The fourth-order valence-corrected chi connectivity index (χ4v) is 5.35. The second kappa shape index (κ2) is 11.4. The molecule has 5 rings (SSSR count). The molecule has 0 saturated carbocycles. The van der Waals surface area contributed by atoms with Gasteiger partial charge in [0.1, 0.15) is 16.9 Å². The first-order chi connectivity index (χ1) is 20.8. The van der Waals surface area contributed by atoms with Gasteiger partial charge < -0.3 is 48.2 Å². The molecule has 1 aromatic heterocycles. The fourth-order valence-electron chi connectivity index (χ4n) is 5.35. The number of hydrogen-bond donors (Lipinski definition) is 3. The van der Waals surface area contributed by atoms with E-state index in [1.807, 2.05) is 6.07 Å². The van der Waals surface area contributed by atoms with Gasteiger partial charge in [-0.05, 0) is 17.7 Å². The molecule has 3 N–H and O–H groups in total. The Bertz CT molecular complexity index is 1890. The van der Waals surface area contributed by atoms with Gasteiger partial charge in [0.05, 0.1) is 53.6 Å². The molecule has 0 aliphatic rings. The summed E-state index contributed by atoms with van der Waals surface area (Å²) < 4.78 is 38.9. The van der Waals surface area contributed by atoms with Crippen LogP contribution < -0.4 is 33.8 Å². The van der Waals surface area contributed by atoms with E-state index in [0.29, 0.717) is 28.4 Å². The van der Waals surface area contributed by atoms with Crippen molar-refractivity contribution in [1.29, 1.82) is 0 Å². The van der Waals surface area contributed by atoms with Gasteiger partial charge in [-0.25, -0.2) is 0 Å². The normalized spacial score (nSPS) is 11.8. The van der Waals surface area contributed by atoms with Crippen LogP contribution in [0, 0.1) is 0 Å². The Labute approximate surface area is 245 Å². The summed E-state index contributed by atoms with van der Waals surface area (Å²) >= 11 is 0. The van der Waals surface area contributed by atoms with Gasteiger partial charge in [-0.2, -0.15) is 0 Å². The molecule has 4 aromatic carbocycles. The van der Waals surface area contributed by atoms with Crippen LogP contribution in [0.4, 0.5) is 0 Å². The number of phenols is 3. The van der Waals surface area contributed by atoms with Crippen molar-refractivity contribution in [2.45, 2.75) is 5.92 Å². The predicted octanol–water partition coefficient (Wildman–Crippen LogP) is 5.29. The highest BCUT2D eigenvalue weighted by Gasteiger charge is 2.34. The molecule has 0 bridgehead atoms. The Kier molecular flexibility index (Phi) is 7.73. The first kappa shape index (κ1) is 29.1. The van der Waals surface area contributed by atoms with Gasteiger partial charge in [0.15, 0.2) is 34.2 Å². The fraction of sp³-hybridized carbons (Fsp3) is 0.219. The number of phenolic OH excluding ortho intramolecular Hbond substituents is 3. The molecule has 0 amide bonds. The molecule has 1 atom stereocenters. The highest BCUT2D eigenvalue weighted by Crippen LogP contribution is 2.54. The van der Waals surface area contributed by atoms with Crippen molar-refractivity contribution in [3.8, 4) is 51.7 Å². The van der Waals surface area contributed by atoms with Crippen molar-refractivity contribution < 1.29 is 48.2 Å². The van der Waals surface area contributed by atoms with E-state index in [1.165, 1.54) is 48.7 Å². The van der Waals surface area contributed by atoms with E-state index in [2.05, 4.69) is 0 Å². The van der Waals surface area contributed by atoms with E-state index in [-0.39, 0.29) is 44.8 Å². The van der Waals surface area contributed by atoms with Crippen LogP contribution in [0.25, 0.3) is 21.9 Å². The zero-order valence-electron chi connectivity index (χ0n) is 24.3. The summed E-state index contributed by atoms with van der Waals surface area (Å²) in [6.45, 7) is 0. The van der Waals surface area contributed by atoms with Gasteiger partial charge in [-0.3, -0.25) is 4.79 Å². The Hall–Kier alpha value is -5.45. The highest BCUT2D eigenvalue weighted by atomic mass is 16.5. The lowest BCUT2D eigenvalue weighted by atomic mass is 9.82. The maximum atomic E-state index is 14.1. The van der Waals surface area contributed by atoms with E-state index in [9.17, 15) is 20.1 Å². The second-order valence-electron chi connectivity index (χ2n) is 9.41. The molecular weight excluding hydrogens is 560 g/mol. The van der Waals surface area contributed by atoms with Crippen LogP contribution >= 0.6 is 0 Å². The van der Waals surface area contributed by atoms with Crippen molar-refractivity contribution in [3.05, 3.63) is 75.4 Å². The molecule has 224 valence electrons. The average Bonchev–Trinajstić information content (AvgIpc) is 3.02. The summed E-state index contributed by atoms with van der Waals surface area (Å²) in [6.07, 6.45) is 0. The monoisotopic (exact) mass is 590 g/mol. The summed E-state index contributed by atoms with van der Waals surface area (Å²) in [5, 5.41) is 33.9. The molecule has 0 fully saturated rings. The SMILES string of the molecule is COc1cc(OC)c(C(c2ccccc2)c2c(O)c(OC)c3oc4c(OC)c(O)c(OC)cc4c(=O)c3c2O)cc1OC. The van der Waals surface area contributed by atoms with Crippen molar-refractivity contribution in [2.24, 2.45) is 0 Å². The van der Waals surface area contributed by atoms with E-state index in [0.717, 1.165) is 0 Å². The van der Waals surface area contributed by atoms with Crippen molar-refractivity contribution in [3.63, 3.8) is 0 Å². The first-order valence-electron chi connectivity index (χ1n) is 13.0. The molecule has 0 saturated heterocycles. The topological polar surface area (TPSA) is 146 Å². The number of ether oxygens (including phenoxy) is 6. The maximum Gasteiger partial charge on any atom is 0.208 e. The summed E-state index contributed by atoms with van der Waals surface area (Å²) in [7, 11) is 8.34. The van der Waals surface area contributed by atoms with Crippen LogP contribution in [0.1, 0.15) is 22.6 Å². The minimum absolute atomic E-state index is 0.0429. The third-order valence-corrected chi connectivity index (χ3v) is 7.34. The van der Waals surface area contributed by atoms with Crippen molar-refractivity contribution in [2.75, 3.05) is 42.7 Å². The number of rotatable bonds is 9. The molecule has 5 aromatic rings. The molecular formula is C32H30O11. The molecule has 1 unspecified atom stereocenters. The number of fused-ring (bicyclic) bond motifs is 2. The molecule has 0 spiro atoms. The molecule has 11 nitrogen and oxygen atoms in total. The maximum absolute atomic E-state index is 14.1. The number of benzene rings is 4. The van der Waals surface area contributed by atoms with Gasteiger partial charge in [-0.15, -0.1) is 0 Å². The van der Waals surface area contributed by atoms with Crippen LogP contribution in [0.2, 0.25) is 0 Å². The van der Waals surface area contributed by atoms with E-state index in [1.54, 1.807) is 36.4 Å². The van der Waals surface area contributed by atoms with Gasteiger partial charge >= 0.3 is 0 Å². The minimum Gasteiger partial charge on any atom is -0.507 e. The second-order valence-corrected chi connectivity index (χ2v) is 9.41. The van der Waals surface area contributed by atoms with Gasteiger partial charge in [0.25, 0.3) is 0 Å². The molecule has 1 heterocycles. The van der Waals surface area contributed by atoms with E-state index >= 15 is 0 Å². The molecule has 11 heteroatoms. The van der Waals surface area contributed by atoms with Crippen LogP contribution in [0.5, 0.6) is 51.7 Å².